The average molecular weight is 373 g/mol. The van der Waals surface area contributed by atoms with E-state index in [0.717, 1.165) is 17.0 Å². The lowest BCUT2D eigenvalue weighted by Gasteiger charge is -2.33. The highest BCUT2D eigenvalue weighted by Gasteiger charge is 2.36. The number of ether oxygens (including phenoxy) is 3. The van der Waals surface area contributed by atoms with Crippen molar-refractivity contribution in [2.45, 2.75) is 31.8 Å². The molecule has 1 N–H and O–H groups in total. The molecule has 8 nitrogen and oxygen atoms in total. The number of fused-ring (bicyclic) bond motifs is 1. The maximum Gasteiger partial charge on any atom is 0.329 e. The third-order valence-electron chi connectivity index (χ3n) is 4.77. The van der Waals surface area contributed by atoms with Crippen molar-refractivity contribution in [2.75, 3.05) is 21.3 Å². The average Bonchev–Trinajstić information content (AvgIpc) is 3.17. The number of aryl methyl sites for hydroxylation is 1. The summed E-state index contributed by atoms with van der Waals surface area (Å²) in [6, 6.07) is 4.92. The van der Waals surface area contributed by atoms with Gasteiger partial charge in [-0.1, -0.05) is 6.07 Å². The molecule has 0 saturated carbocycles. The molecule has 1 aliphatic heterocycles. The van der Waals surface area contributed by atoms with Crippen molar-refractivity contribution < 1.29 is 23.8 Å². The fraction of sp³-hybridized carbons (Fsp3) is 0.421. The number of methoxy groups -OCH3 is 3. The zero-order chi connectivity index (χ0) is 19.4. The number of rotatable bonds is 6. The minimum Gasteiger partial charge on any atom is -0.493 e. The molecule has 1 aromatic carbocycles. The fourth-order valence-corrected chi connectivity index (χ4v) is 3.28. The van der Waals surface area contributed by atoms with Crippen LogP contribution in [0.2, 0.25) is 0 Å². The van der Waals surface area contributed by atoms with Crippen molar-refractivity contribution in [1.29, 1.82) is 0 Å². The Kier molecular flexibility index (Phi) is 5.63. The summed E-state index contributed by atoms with van der Waals surface area (Å²) in [5.74, 6) is 0.722. The normalized spacial score (nSPS) is 15.8. The van der Waals surface area contributed by atoms with E-state index < -0.39 is 12.0 Å². The highest BCUT2D eigenvalue weighted by atomic mass is 16.5. The van der Waals surface area contributed by atoms with E-state index in [2.05, 4.69) is 9.97 Å². The summed E-state index contributed by atoms with van der Waals surface area (Å²) in [7, 11) is 4.48. The Hall–Kier alpha value is -3.03. The van der Waals surface area contributed by atoms with Crippen LogP contribution in [0.4, 0.5) is 0 Å². The van der Waals surface area contributed by atoms with Crippen LogP contribution in [-0.4, -0.2) is 54.1 Å². The number of carbonyl (C=O) groups is 2. The second kappa shape index (κ2) is 8.11. The smallest absolute Gasteiger partial charge is 0.329 e. The minimum absolute atomic E-state index is 0.111. The number of carbonyl (C=O) groups excluding carboxylic acids is 2. The number of aromatic nitrogens is 2. The van der Waals surface area contributed by atoms with Crippen LogP contribution in [0.25, 0.3) is 0 Å². The molecule has 2 heterocycles. The maximum absolute atomic E-state index is 12.8. The monoisotopic (exact) mass is 373 g/mol. The third kappa shape index (κ3) is 3.89. The van der Waals surface area contributed by atoms with Crippen LogP contribution in [-0.2, 0) is 33.7 Å². The molecule has 2 aromatic rings. The summed E-state index contributed by atoms with van der Waals surface area (Å²) in [6.45, 7) is 0.319. The SMILES string of the molecule is COC(=O)C1Cc2nc[nH]c2CN1C(=O)CCc1ccc(OC)c(OC)c1. The molecular weight excluding hydrogens is 350 g/mol. The highest BCUT2D eigenvalue weighted by Crippen LogP contribution is 2.28. The highest BCUT2D eigenvalue weighted by molar-refractivity contribution is 5.85. The molecule has 0 aliphatic carbocycles. The first kappa shape index (κ1) is 18.8. The van der Waals surface area contributed by atoms with Gasteiger partial charge in [0.25, 0.3) is 0 Å². The van der Waals surface area contributed by atoms with Gasteiger partial charge in [-0.2, -0.15) is 0 Å². The Morgan fingerprint density at radius 1 is 1.22 bits per heavy atom. The van der Waals surface area contributed by atoms with E-state index in [4.69, 9.17) is 14.2 Å². The van der Waals surface area contributed by atoms with Gasteiger partial charge >= 0.3 is 5.97 Å². The van der Waals surface area contributed by atoms with Gasteiger partial charge in [-0.25, -0.2) is 9.78 Å². The van der Waals surface area contributed by atoms with E-state index in [9.17, 15) is 9.59 Å². The van der Waals surface area contributed by atoms with Crippen molar-refractivity contribution in [3.05, 3.63) is 41.5 Å². The lowest BCUT2D eigenvalue weighted by molar-refractivity contribution is -0.154. The van der Waals surface area contributed by atoms with Crippen LogP contribution in [0.5, 0.6) is 11.5 Å². The first-order valence-corrected chi connectivity index (χ1v) is 8.66. The standard InChI is InChI=1S/C19H23N3O5/c1-25-16-6-4-12(8-17(16)26-2)5-7-18(23)22-10-14-13(20-11-21-14)9-15(22)19(24)27-3/h4,6,8,11,15H,5,7,9-10H2,1-3H3,(H,20,21). The van der Waals surface area contributed by atoms with E-state index in [0.29, 0.717) is 30.9 Å². The van der Waals surface area contributed by atoms with Gasteiger partial charge in [0, 0.05) is 12.8 Å². The van der Waals surface area contributed by atoms with E-state index in [-0.39, 0.29) is 12.3 Å². The van der Waals surface area contributed by atoms with Crippen LogP contribution < -0.4 is 9.47 Å². The lowest BCUT2D eigenvalue weighted by atomic mass is 10.0. The summed E-state index contributed by atoms with van der Waals surface area (Å²) >= 11 is 0. The Morgan fingerprint density at radius 3 is 2.70 bits per heavy atom. The molecule has 1 amide bonds. The maximum atomic E-state index is 12.8. The number of aromatic amines is 1. The van der Waals surface area contributed by atoms with Gasteiger partial charge in [-0.15, -0.1) is 0 Å². The zero-order valence-corrected chi connectivity index (χ0v) is 15.7. The second-order valence-corrected chi connectivity index (χ2v) is 6.28. The van der Waals surface area contributed by atoms with Gasteiger partial charge in [0.1, 0.15) is 6.04 Å². The number of amides is 1. The molecule has 1 atom stereocenters. The molecule has 0 fully saturated rings. The number of imidazole rings is 1. The van der Waals surface area contributed by atoms with E-state index >= 15 is 0 Å². The zero-order valence-electron chi connectivity index (χ0n) is 15.7. The number of hydrogen-bond acceptors (Lipinski definition) is 6. The van der Waals surface area contributed by atoms with Crippen LogP contribution in [0.3, 0.4) is 0 Å². The molecule has 144 valence electrons. The molecule has 1 unspecified atom stereocenters. The van der Waals surface area contributed by atoms with E-state index in [1.165, 1.54) is 7.11 Å². The van der Waals surface area contributed by atoms with Crippen LogP contribution in [0.1, 0.15) is 23.4 Å². The predicted molar refractivity (Wildman–Crippen MR) is 96.5 cm³/mol. The van der Waals surface area contributed by atoms with Crippen LogP contribution in [0, 0.1) is 0 Å². The van der Waals surface area contributed by atoms with E-state index in [1.54, 1.807) is 25.4 Å². The van der Waals surface area contributed by atoms with Crippen molar-refractivity contribution in [3.8, 4) is 11.5 Å². The summed E-state index contributed by atoms with van der Waals surface area (Å²) < 4.78 is 15.4. The molecule has 0 radical (unpaired) electrons. The topological polar surface area (TPSA) is 93.8 Å². The first-order chi connectivity index (χ1) is 13.1. The van der Waals surface area contributed by atoms with Gasteiger partial charge < -0.3 is 24.1 Å². The molecule has 3 rings (SSSR count). The Labute approximate surface area is 157 Å². The number of H-pyrrole nitrogens is 1. The number of nitrogens with zero attached hydrogens (tertiary/aromatic N) is 2. The molecule has 0 bridgehead atoms. The summed E-state index contributed by atoms with van der Waals surface area (Å²) in [4.78, 5) is 33.8. The third-order valence-corrected chi connectivity index (χ3v) is 4.77. The van der Waals surface area contributed by atoms with Crippen molar-refractivity contribution in [3.63, 3.8) is 0 Å². The van der Waals surface area contributed by atoms with Gasteiger partial charge in [0.05, 0.1) is 45.6 Å². The van der Waals surface area contributed by atoms with E-state index in [1.807, 2.05) is 18.2 Å². The van der Waals surface area contributed by atoms with Gasteiger partial charge in [-0.05, 0) is 24.1 Å². The summed E-state index contributed by atoms with van der Waals surface area (Å²) in [5.41, 5.74) is 2.61. The lowest BCUT2D eigenvalue weighted by Crippen LogP contribution is -2.49. The molecular formula is C19H23N3O5. The van der Waals surface area contributed by atoms with Gasteiger partial charge in [0.2, 0.25) is 5.91 Å². The quantitative estimate of drug-likeness (QED) is 0.771. The number of hydrogen-bond donors (Lipinski definition) is 1. The van der Waals surface area contributed by atoms with Crippen molar-refractivity contribution in [2.24, 2.45) is 0 Å². The Bertz CT molecular complexity index is 833. The van der Waals surface area contributed by atoms with Crippen molar-refractivity contribution in [1.82, 2.24) is 14.9 Å². The largest absolute Gasteiger partial charge is 0.493 e. The number of nitrogens with one attached hydrogen (secondary N) is 1. The van der Waals surface area contributed by atoms with Gasteiger partial charge in [0.15, 0.2) is 11.5 Å². The predicted octanol–water partition coefficient (Wildman–Crippen LogP) is 1.49. The van der Waals surface area contributed by atoms with Crippen LogP contribution in [0.15, 0.2) is 24.5 Å². The number of benzene rings is 1. The molecule has 0 saturated heterocycles. The fourth-order valence-electron chi connectivity index (χ4n) is 3.28. The Morgan fingerprint density at radius 2 is 2.00 bits per heavy atom. The molecule has 27 heavy (non-hydrogen) atoms. The first-order valence-electron chi connectivity index (χ1n) is 8.66. The molecule has 1 aliphatic rings. The van der Waals surface area contributed by atoms with Gasteiger partial charge in [-0.3, -0.25) is 4.79 Å². The summed E-state index contributed by atoms with van der Waals surface area (Å²) in [5, 5.41) is 0. The molecule has 8 heteroatoms. The van der Waals surface area contributed by atoms with Crippen molar-refractivity contribution >= 4 is 11.9 Å². The second-order valence-electron chi connectivity index (χ2n) is 6.28. The summed E-state index contributed by atoms with van der Waals surface area (Å²) in [6.07, 6.45) is 2.73. The Balaban J connectivity index is 1.71. The number of esters is 1. The van der Waals surface area contributed by atoms with Crippen LogP contribution >= 0.6 is 0 Å². The minimum atomic E-state index is -0.649. The molecule has 1 aromatic heterocycles. The molecule has 0 spiro atoms.